The Morgan fingerprint density at radius 1 is 1.26 bits per heavy atom. The third-order valence-electron chi connectivity index (χ3n) is 2.67. The molecule has 0 spiro atoms. The van der Waals surface area contributed by atoms with Crippen molar-refractivity contribution in [2.24, 2.45) is 0 Å². The Labute approximate surface area is 114 Å². The van der Waals surface area contributed by atoms with Gasteiger partial charge in [0.25, 0.3) is 0 Å². The molecule has 0 aliphatic heterocycles. The number of nitrogens with one attached hydrogen (secondary N) is 1. The highest BCUT2D eigenvalue weighted by atomic mass is 16.5. The molecule has 0 aliphatic carbocycles. The van der Waals surface area contributed by atoms with E-state index >= 15 is 0 Å². The fourth-order valence-electron chi connectivity index (χ4n) is 1.70. The molecule has 6 heteroatoms. The molecule has 0 aliphatic rings. The van der Waals surface area contributed by atoms with Crippen LogP contribution < -0.4 is 11.1 Å². The first-order valence-corrected chi connectivity index (χ1v) is 6.69. The molecule has 1 heterocycles. The lowest BCUT2D eigenvalue weighted by molar-refractivity contribution is 0.0705. The van der Waals surface area contributed by atoms with Crippen LogP contribution in [0.5, 0.6) is 0 Å². The highest BCUT2D eigenvalue weighted by Crippen LogP contribution is 2.18. The number of nitrogens with two attached hydrogens (primary N) is 1. The summed E-state index contributed by atoms with van der Waals surface area (Å²) in [6.45, 7) is 4.90. The number of hydrogen-bond acceptors (Lipinski definition) is 6. The van der Waals surface area contributed by atoms with Crippen LogP contribution in [0.2, 0.25) is 0 Å². The zero-order chi connectivity index (χ0) is 13.9. The first kappa shape index (κ1) is 15.7. The predicted octanol–water partition coefficient (Wildman–Crippen LogP) is 1.48. The number of methoxy groups -OCH3 is 1. The lowest BCUT2D eigenvalue weighted by Gasteiger charge is -2.11. The van der Waals surface area contributed by atoms with E-state index in [0.717, 1.165) is 37.2 Å². The Morgan fingerprint density at radius 2 is 2.11 bits per heavy atom. The van der Waals surface area contributed by atoms with Crippen LogP contribution in [0.25, 0.3) is 0 Å². The van der Waals surface area contributed by atoms with Gasteiger partial charge in [-0.25, -0.2) is 9.97 Å². The maximum Gasteiger partial charge on any atom is 0.134 e. The number of ether oxygens (including phenoxy) is 2. The summed E-state index contributed by atoms with van der Waals surface area (Å²) in [5, 5.41) is 3.29. The van der Waals surface area contributed by atoms with Crippen LogP contribution in [0.3, 0.4) is 0 Å². The Morgan fingerprint density at radius 3 is 2.84 bits per heavy atom. The molecule has 3 N–H and O–H groups in total. The molecule has 0 amide bonds. The minimum absolute atomic E-state index is 0.565. The number of hydrogen-bond donors (Lipinski definition) is 2. The number of nitrogen functional groups attached to an aromatic ring is 1. The van der Waals surface area contributed by atoms with Crippen molar-refractivity contribution in [3.05, 3.63) is 11.9 Å². The van der Waals surface area contributed by atoms with Crippen LogP contribution >= 0.6 is 0 Å². The van der Waals surface area contributed by atoms with E-state index in [4.69, 9.17) is 15.2 Å². The molecule has 0 bridgehead atoms. The Bertz CT molecular complexity index is 360. The van der Waals surface area contributed by atoms with Crippen LogP contribution in [0.1, 0.15) is 25.3 Å². The number of nitrogens with zero attached hydrogens (tertiary/aromatic N) is 2. The largest absolute Gasteiger partial charge is 0.383 e. The number of aromatic nitrogens is 2. The summed E-state index contributed by atoms with van der Waals surface area (Å²) in [5.41, 5.74) is 6.87. The van der Waals surface area contributed by atoms with Crippen molar-refractivity contribution in [3.8, 4) is 0 Å². The summed E-state index contributed by atoms with van der Waals surface area (Å²) in [5.74, 6) is 1.40. The van der Waals surface area contributed by atoms with Crippen molar-refractivity contribution in [1.29, 1.82) is 0 Å². The molecule has 19 heavy (non-hydrogen) atoms. The molecule has 0 radical (unpaired) electrons. The van der Waals surface area contributed by atoms with E-state index in [0.29, 0.717) is 25.6 Å². The van der Waals surface area contributed by atoms with Crippen LogP contribution in [0, 0.1) is 0 Å². The molecule has 0 unspecified atom stereocenters. The average molecular weight is 268 g/mol. The fraction of sp³-hybridized carbons (Fsp3) is 0.692. The van der Waals surface area contributed by atoms with Gasteiger partial charge in [-0.1, -0.05) is 13.3 Å². The maximum absolute atomic E-state index is 5.86. The van der Waals surface area contributed by atoms with E-state index in [9.17, 15) is 0 Å². The summed E-state index contributed by atoms with van der Waals surface area (Å²) in [7, 11) is 1.67. The first-order chi connectivity index (χ1) is 9.29. The van der Waals surface area contributed by atoms with Crippen molar-refractivity contribution in [3.63, 3.8) is 0 Å². The molecule has 0 atom stereocenters. The Hall–Kier alpha value is -1.40. The Kier molecular flexibility index (Phi) is 7.84. The van der Waals surface area contributed by atoms with E-state index in [1.807, 2.05) is 0 Å². The zero-order valence-corrected chi connectivity index (χ0v) is 11.8. The molecular weight excluding hydrogens is 244 g/mol. The van der Waals surface area contributed by atoms with E-state index in [1.165, 1.54) is 6.33 Å². The minimum atomic E-state index is 0.565. The van der Waals surface area contributed by atoms with Gasteiger partial charge in [0.15, 0.2) is 0 Å². The van der Waals surface area contributed by atoms with E-state index < -0.39 is 0 Å². The number of anilines is 2. The fourth-order valence-corrected chi connectivity index (χ4v) is 1.70. The van der Waals surface area contributed by atoms with Gasteiger partial charge in [0.2, 0.25) is 0 Å². The van der Waals surface area contributed by atoms with Gasteiger partial charge >= 0.3 is 0 Å². The van der Waals surface area contributed by atoms with Crippen molar-refractivity contribution in [2.75, 3.05) is 44.5 Å². The lowest BCUT2D eigenvalue weighted by Crippen LogP contribution is -2.12. The quantitative estimate of drug-likeness (QED) is 0.625. The van der Waals surface area contributed by atoms with Gasteiger partial charge in [-0.3, -0.25) is 0 Å². The second-order valence-corrected chi connectivity index (χ2v) is 4.22. The SMILES string of the molecule is CCCc1c(N)ncnc1NCCCOCCOC. The first-order valence-electron chi connectivity index (χ1n) is 6.69. The smallest absolute Gasteiger partial charge is 0.134 e. The van der Waals surface area contributed by atoms with E-state index in [2.05, 4.69) is 22.2 Å². The molecule has 0 saturated carbocycles. The predicted molar refractivity (Wildman–Crippen MR) is 76.2 cm³/mol. The normalized spacial score (nSPS) is 10.6. The van der Waals surface area contributed by atoms with Gasteiger partial charge in [0.05, 0.1) is 13.2 Å². The minimum Gasteiger partial charge on any atom is -0.383 e. The summed E-state index contributed by atoms with van der Waals surface area (Å²) in [6, 6.07) is 0. The lowest BCUT2D eigenvalue weighted by atomic mass is 10.1. The molecule has 1 rings (SSSR count). The summed E-state index contributed by atoms with van der Waals surface area (Å²) in [6.07, 6.45) is 4.32. The van der Waals surface area contributed by atoms with Crippen LogP contribution in [-0.2, 0) is 15.9 Å². The highest BCUT2D eigenvalue weighted by molar-refractivity contribution is 5.54. The van der Waals surface area contributed by atoms with Gasteiger partial charge in [-0.05, 0) is 12.8 Å². The third kappa shape index (κ3) is 5.85. The second-order valence-electron chi connectivity index (χ2n) is 4.22. The van der Waals surface area contributed by atoms with Gasteiger partial charge < -0.3 is 20.5 Å². The van der Waals surface area contributed by atoms with Crippen molar-refractivity contribution in [2.45, 2.75) is 26.2 Å². The molecule has 0 saturated heterocycles. The Balaban J connectivity index is 2.30. The maximum atomic E-state index is 5.86. The van der Waals surface area contributed by atoms with Crippen LogP contribution in [-0.4, -0.2) is 43.4 Å². The zero-order valence-electron chi connectivity index (χ0n) is 11.8. The van der Waals surface area contributed by atoms with Gasteiger partial charge in [0.1, 0.15) is 18.0 Å². The molecule has 0 aromatic carbocycles. The number of rotatable bonds is 10. The molecular formula is C13H24N4O2. The third-order valence-corrected chi connectivity index (χ3v) is 2.67. The molecule has 6 nitrogen and oxygen atoms in total. The van der Waals surface area contributed by atoms with Crippen molar-refractivity contribution in [1.82, 2.24) is 9.97 Å². The van der Waals surface area contributed by atoms with Gasteiger partial charge in [-0.15, -0.1) is 0 Å². The topological polar surface area (TPSA) is 82.3 Å². The van der Waals surface area contributed by atoms with Crippen molar-refractivity contribution >= 4 is 11.6 Å². The highest BCUT2D eigenvalue weighted by Gasteiger charge is 2.07. The van der Waals surface area contributed by atoms with Gasteiger partial charge in [-0.2, -0.15) is 0 Å². The molecule has 108 valence electrons. The van der Waals surface area contributed by atoms with Crippen molar-refractivity contribution < 1.29 is 9.47 Å². The van der Waals surface area contributed by atoms with E-state index in [-0.39, 0.29) is 0 Å². The standard InChI is InChI=1S/C13H24N4O2/c1-3-5-11-12(14)16-10-17-13(11)15-6-4-7-19-9-8-18-2/h10H,3-9H2,1-2H3,(H3,14,15,16,17). The summed E-state index contributed by atoms with van der Waals surface area (Å²) in [4.78, 5) is 8.27. The average Bonchev–Trinajstić information content (AvgIpc) is 2.41. The summed E-state index contributed by atoms with van der Waals surface area (Å²) < 4.78 is 10.3. The summed E-state index contributed by atoms with van der Waals surface area (Å²) >= 11 is 0. The molecule has 0 fully saturated rings. The monoisotopic (exact) mass is 268 g/mol. The second kappa shape index (κ2) is 9.52. The van der Waals surface area contributed by atoms with E-state index in [1.54, 1.807) is 7.11 Å². The molecule has 1 aromatic rings. The molecule has 1 aromatic heterocycles. The van der Waals surface area contributed by atoms with Gasteiger partial charge in [0, 0.05) is 25.8 Å². The van der Waals surface area contributed by atoms with Crippen LogP contribution in [0.15, 0.2) is 6.33 Å². The van der Waals surface area contributed by atoms with Crippen LogP contribution in [0.4, 0.5) is 11.6 Å².